The lowest BCUT2D eigenvalue weighted by molar-refractivity contribution is 0.0747. The van der Waals surface area contributed by atoms with Crippen LogP contribution in [0.4, 0.5) is 11.4 Å². The first kappa shape index (κ1) is 22.7. The van der Waals surface area contributed by atoms with Crippen LogP contribution >= 0.6 is 0 Å². The fourth-order valence-corrected chi connectivity index (χ4v) is 4.81. The summed E-state index contributed by atoms with van der Waals surface area (Å²) in [5, 5.41) is 0. The molecule has 0 aromatic heterocycles. The molecule has 0 saturated carbocycles. The quantitative estimate of drug-likeness (QED) is 0.600. The van der Waals surface area contributed by atoms with Crippen LogP contribution in [-0.2, 0) is 10.0 Å². The smallest absolute Gasteiger partial charge is 0.261 e. The first-order valence-electron chi connectivity index (χ1n) is 10.7. The normalized spacial score (nSPS) is 14.1. The van der Waals surface area contributed by atoms with Crippen molar-refractivity contribution in [3.8, 4) is 5.75 Å². The predicted molar refractivity (Wildman–Crippen MR) is 130 cm³/mol. The summed E-state index contributed by atoms with van der Waals surface area (Å²) >= 11 is 0. The van der Waals surface area contributed by atoms with E-state index in [0.717, 1.165) is 30.1 Å². The number of sulfonamides is 1. The summed E-state index contributed by atoms with van der Waals surface area (Å²) in [4.78, 5) is 17.2. The molecule has 1 fully saturated rings. The first-order chi connectivity index (χ1) is 15.9. The molecular weight excluding hydrogens is 438 g/mol. The van der Waals surface area contributed by atoms with E-state index >= 15 is 0 Å². The molecule has 1 aliphatic rings. The maximum Gasteiger partial charge on any atom is 0.261 e. The second-order valence-electron chi connectivity index (χ2n) is 7.97. The van der Waals surface area contributed by atoms with Gasteiger partial charge in [0.05, 0.1) is 12.0 Å². The van der Waals surface area contributed by atoms with E-state index in [1.807, 2.05) is 36.1 Å². The van der Waals surface area contributed by atoms with Crippen molar-refractivity contribution in [3.63, 3.8) is 0 Å². The van der Waals surface area contributed by atoms with Crippen molar-refractivity contribution in [2.24, 2.45) is 0 Å². The number of nitrogens with one attached hydrogen (secondary N) is 1. The molecule has 0 unspecified atom stereocenters. The van der Waals surface area contributed by atoms with Crippen LogP contribution in [0.3, 0.4) is 0 Å². The summed E-state index contributed by atoms with van der Waals surface area (Å²) < 4.78 is 32.9. The number of aryl methyl sites for hydroxylation is 1. The molecule has 1 aliphatic heterocycles. The molecule has 7 nitrogen and oxygen atoms in total. The van der Waals surface area contributed by atoms with E-state index in [4.69, 9.17) is 4.74 Å². The number of benzene rings is 3. The Morgan fingerprint density at radius 2 is 1.45 bits per heavy atom. The summed E-state index contributed by atoms with van der Waals surface area (Å²) in [6.07, 6.45) is 0. The van der Waals surface area contributed by atoms with Gasteiger partial charge in [-0.15, -0.1) is 0 Å². The van der Waals surface area contributed by atoms with Gasteiger partial charge in [0, 0.05) is 43.1 Å². The Labute approximate surface area is 194 Å². The van der Waals surface area contributed by atoms with Crippen LogP contribution in [0.2, 0.25) is 0 Å². The average molecular weight is 466 g/mol. The van der Waals surface area contributed by atoms with Crippen LogP contribution in [0.1, 0.15) is 15.9 Å². The van der Waals surface area contributed by atoms with E-state index in [1.54, 1.807) is 55.6 Å². The van der Waals surface area contributed by atoms with E-state index in [2.05, 4.69) is 9.62 Å². The zero-order valence-corrected chi connectivity index (χ0v) is 19.5. The predicted octanol–water partition coefficient (Wildman–Crippen LogP) is 3.77. The minimum absolute atomic E-state index is 0.0580. The van der Waals surface area contributed by atoms with Crippen molar-refractivity contribution in [1.29, 1.82) is 0 Å². The van der Waals surface area contributed by atoms with Crippen molar-refractivity contribution in [3.05, 3.63) is 83.9 Å². The van der Waals surface area contributed by atoms with Gasteiger partial charge in [-0.2, -0.15) is 0 Å². The van der Waals surface area contributed by atoms with Gasteiger partial charge in [-0.05, 0) is 67.6 Å². The van der Waals surface area contributed by atoms with Gasteiger partial charge in [0.1, 0.15) is 5.75 Å². The van der Waals surface area contributed by atoms with Crippen molar-refractivity contribution >= 4 is 27.3 Å². The van der Waals surface area contributed by atoms with Gasteiger partial charge in [0.25, 0.3) is 15.9 Å². The number of piperazine rings is 1. The molecule has 33 heavy (non-hydrogen) atoms. The van der Waals surface area contributed by atoms with E-state index in [9.17, 15) is 13.2 Å². The molecule has 0 spiro atoms. The van der Waals surface area contributed by atoms with Crippen LogP contribution in [0.25, 0.3) is 0 Å². The Hall–Kier alpha value is -3.52. The number of carbonyl (C=O) groups is 1. The molecular formula is C25H27N3O4S. The van der Waals surface area contributed by atoms with Gasteiger partial charge in [-0.3, -0.25) is 9.52 Å². The summed E-state index contributed by atoms with van der Waals surface area (Å²) in [6, 6.07) is 21.1. The Morgan fingerprint density at radius 3 is 2.03 bits per heavy atom. The van der Waals surface area contributed by atoms with Gasteiger partial charge in [-0.25, -0.2) is 8.42 Å². The molecule has 3 aromatic rings. The second kappa shape index (κ2) is 9.54. The molecule has 0 bridgehead atoms. The van der Waals surface area contributed by atoms with Crippen LogP contribution in [0, 0.1) is 6.92 Å². The highest BCUT2D eigenvalue weighted by molar-refractivity contribution is 7.92. The van der Waals surface area contributed by atoms with Crippen molar-refractivity contribution in [2.45, 2.75) is 11.8 Å². The third-order valence-electron chi connectivity index (χ3n) is 5.72. The number of hydrogen-bond acceptors (Lipinski definition) is 5. The molecule has 172 valence electrons. The number of amides is 1. The monoisotopic (exact) mass is 465 g/mol. The molecule has 1 N–H and O–H groups in total. The summed E-state index contributed by atoms with van der Waals surface area (Å²) in [5.41, 5.74) is 3.04. The van der Waals surface area contributed by atoms with E-state index in [-0.39, 0.29) is 10.8 Å². The SMILES string of the molecule is COc1ccc(N2CCN(C(=O)c3ccc(NS(=O)(=O)c4ccc(C)cc4)cc3)CC2)cc1. The van der Waals surface area contributed by atoms with Gasteiger partial charge < -0.3 is 14.5 Å². The molecule has 1 amide bonds. The largest absolute Gasteiger partial charge is 0.497 e. The minimum atomic E-state index is -3.68. The third-order valence-corrected chi connectivity index (χ3v) is 7.12. The lowest BCUT2D eigenvalue weighted by atomic mass is 10.1. The number of nitrogens with zero attached hydrogens (tertiary/aromatic N) is 2. The Balaban J connectivity index is 1.36. The molecule has 4 rings (SSSR count). The number of hydrogen-bond donors (Lipinski definition) is 1. The molecule has 1 saturated heterocycles. The molecule has 1 heterocycles. The lowest BCUT2D eigenvalue weighted by Gasteiger charge is -2.36. The number of ether oxygens (including phenoxy) is 1. The maximum atomic E-state index is 12.9. The maximum absolute atomic E-state index is 12.9. The summed E-state index contributed by atoms with van der Waals surface area (Å²) in [5.74, 6) is 0.759. The Kier molecular flexibility index (Phi) is 6.55. The standard InChI is InChI=1S/C25H27N3O4S/c1-19-3-13-24(14-4-19)33(30,31)26-21-7-5-20(6-8-21)25(29)28-17-15-27(16-18-28)22-9-11-23(32-2)12-10-22/h3-14,26H,15-18H2,1-2H3. The molecule has 0 atom stereocenters. The van der Waals surface area contributed by atoms with Gasteiger partial charge in [0.2, 0.25) is 0 Å². The Morgan fingerprint density at radius 1 is 0.848 bits per heavy atom. The van der Waals surface area contributed by atoms with Crippen molar-refractivity contribution in [1.82, 2.24) is 4.90 Å². The van der Waals surface area contributed by atoms with Gasteiger partial charge >= 0.3 is 0 Å². The summed E-state index contributed by atoms with van der Waals surface area (Å²) in [7, 11) is -2.04. The minimum Gasteiger partial charge on any atom is -0.497 e. The van der Waals surface area contributed by atoms with Gasteiger partial charge in [0.15, 0.2) is 0 Å². The highest BCUT2D eigenvalue weighted by Gasteiger charge is 2.22. The zero-order valence-electron chi connectivity index (χ0n) is 18.7. The summed E-state index contributed by atoms with van der Waals surface area (Å²) in [6.45, 7) is 4.62. The van der Waals surface area contributed by atoms with E-state index < -0.39 is 10.0 Å². The second-order valence-corrected chi connectivity index (χ2v) is 9.66. The lowest BCUT2D eigenvalue weighted by Crippen LogP contribution is -2.48. The first-order valence-corrected chi connectivity index (χ1v) is 12.2. The van der Waals surface area contributed by atoms with Crippen LogP contribution in [0.5, 0.6) is 5.75 Å². The van der Waals surface area contributed by atoms with Crippen LogP contribution < -0.4 is 14.4 Å². The third kappa shape index (κ3) is 5.28. The van der Waals surface area contributed by atoms with Crippen molar-refractivity contribution < 1.29 is 17.9 Å². The van der Waals surface area contributed by atoms with Crippen LogP contribution in [0.15, 0.2) is 77.7 Å². The van der Waals surface area contributed by atoms with Crippen LogP contribution in [-0.4, -0.2) is 52.5 Å². The molecule has 0 radical (unpaired) electrons. The molecule has 0 aliphatic carbocycles. The van der Waals surface area contributed by atoms with E-state index in [1.165, 1.54) is 0 Å². The fourth-order valence-electron chi connectivity index (χ4n) is 3.76. The zero-order chi connectivity index (χ0) is 23.4. The Bertz CT molecular complexity index is 1200. The number of carbonyl (C=O) groups excluding carboxylic acids is 1. The van der Waals surface area contributed by atoms with Crippen molar-refractivity contribution in [2.75, 3.05) is 42.9 Å². The number of rotatable bonds is 6. The number of anilines is 2. The molecule has 3 aromatic carbocycles. The highest BCUT2D eigenvalue weighted by atomic mass is 32.2. The fraction of sp³-hybridized carbons (Fsp3) is 0.240. The topological polar surface area (TPSA) is 79.0 Å². The molecule has 8 heteroatoms. The number of methoxy groups -OCH3 is 1. The van der Waals surface area contributed by atoms with Gasteiger partial charge in [-0.1, -0.05) is 17.7 Å². The highest BCUT2D eigenvalue weighted by Crippen LogP contribution is 2.22. The average Bonchev–Trinajstić information content (AvgIpc) is 2.84. The van der Waals surface area contributed by atoms with E-state index in [0.29, 0.717) is 24.3 Å².